The van der Waals surface area contributed by atoms with Gasteiger partial charge in [0.15, 0.2) is 0 Å². The fourth-order valence-electron chi connectivity index (χ4n) is 7.60. The van der Waals surface area contributed by atoms with E-state index in [2.05, 4.69) is 96.0 Å². The van der Waals surface area contributed by atoms with Gasteiger partial charge in [-0.3, -0.25) is 0 Å². The summed E-state index contributed by atoms with van der Waals surface area (Å²) >= 11 is 0. The maximum absolute atomic E-state index is 9.09. The van der Waals surface area contributed by atoms with E-state index in [0.29, 0.717) is 0 Å². The van der Waals surface area contributed by atoms with Gasteiger partial charge in [0, 0.05) is 44.6 Å². The molecule has 3 fully saturated rings. The van der Waals surface area contributed by atoms with Gasteiger partial charge in [-0.15, -0.1) is 54.1 Å². The van der Waals surface area contributed by atoms with Crippen molar-refractivity contribution in [2.24, 2.45) is 11.8 Å². The maximum atomic E-state index is 9.09. The van der Waals surface area contributed by atoms with E-state index in [4.69, 9.17) is 10.8 Å². The van der Waals surface area contributed by atoms with Crippen LogP contribution in [0, 0.1) is 24.0 Å². The molecule has 3 heterocycles. The van der Waals surface area contributed by atoms with Crippen LogP contribution in [0.15, 0.2) is 144 Å². The molecule has 3 aromatic heterocycles. The van der Waals surface area contributed by atoms with Crippen LogP contribution in [0.25, 0.3) is 66.4 Å². The normalized spacial score (nSPS) is 19.7. The number of hydrogen-bond acceptors (Lipinski definition) is 3. The third-order valence-corrected chi connectivity index (χ3v) is 10.0. The van der Waals surface area contributed by atoms with Gasteiger partial charge in [-0.2, -0.15) is 0 Å². The molecule has 0 atom stereocenters. The number of furan rings is 1. The molecule has 3 saturated carbocycles. The Bertz CT molecular complexity index is 2370. The van der Waals surface area contributed by atoms with Crippen molar-refractivity contribution in [3.05, 3.63) is 157 Å². The van der Waals surface area contributed by atoms with E-state index in [9.17, 15) is 0 Å². The number of nitrogens with zero attached hydrogens (tertiary/aromatic N) is 2. The summed E-state index contributed by atoms with van der Waals surface area (Å²) in [5, 5.41) is 4.48. The summed E-state index contributed by atoms with van der Waals surface area (Å²) in [5.41, 5.74) is 8.87. The molecular formula is C45H34IrN2O-2. The molecule has 1 radical (unpaired) electrons. The van der Waals surface area contributed by atoms with Gasteiger partial charge in [0.25, 0.3) is 0 Å². The molecule has 0 saturated heterocycles. The zero-order chi connectivity index (χ0) is 32.8. The molecule has 3 aliphatic carbocycles. The van der Waals surface area contributed by atoms with E-state index in [-0.39, 0.29) is 20.1 Å². The number of aromatic nitrogens is 2. The summed E-state index contributed by atoms with van der Waals surface area (Å²) in [5.74, 6) is 1.10. The Morgan fingerprint density at radius 3 is 2.16 bits per heavy atom. The monoisotopic (exact) mass is 812 g/mol. The standard InChI is InChI=1S/C34H26NO.C11H8N.Ir/c1-2-5-28-25(4-1)12-13-30-29-6-3-7-31(34(29)36-33(28)30)32-20-26(14-15-35-32)23-8-10-24(11-9-23)27-18-21-16-22(17-21)19-27;1-2-6-10(7-3-1)11-8-4-5-9-12-11;/h1-6,8-15,20-22,27H,16-19H2;1-6,8-9H;/q2*-1;/i27D;;. The molecule has 0 amide bonds. The van der Waals surface area contributed by atoms with Crippen LogP contribution in [0.4, 0.5) is 0 Å². The van der Waals surface area contributed by atoms with Crippen molar-refractivity contribution in [1.29, 1.82) is 0 Å². The molecule has 0 N–H and O–H groups in total. The summed E-state index contributed by atoms with van der Waals surface area (Å²) in [7, 11) is 0. The van der Waals surface area contributed by atoms with Crippen LogP contribution >= 0.6 is 0 Å². The van der Waals surface area contributed by atoms with Crippen molar-refractivity contribution < 1.29 is 25.9 Å². The van der Waals surface area contributed by atoms with E-state index < -0.39 is 5.89 Å². The molecule has 11 rings (SSSR count). The Labute approximate surface area is 301 Å². The molecule has 3 nitrogen and oxygen atoms in total. The van der Waals surface area contributed by atoms with Crippen LogP contribution in [0.1, 0.15) is 38.5 Å². The van der Waals surface area contributed by atoms with Gasteiger partial charge in [0.2, 0.25) is 0 Å². The predicted octanol–water partition coefficient (Wildman–Crippen LogP) is 11.7. The smallest absolute Gasteiger partial charge is 0.128 e. The summed E-state index contributed by atoms with van der Waals surface area (Å²) < 4.78 is 15.6. The fourth-order valence-corrected chi connectivity index (χ4v) is 7.60. The van der Waals surface area contributed by atoms with E-state index in [1.165, 1.54) is 18.2 Å². The molecule has 5 aromatic carbocycles. The zero-order valence-corrected chi connectivity index (χ0v) is 29.3. The first-order valence-corrected chi connectivity index (χ1v) is 16.8. The van der Waals surface area contributed by atoms with Crippen molar-refractivity contribution in [2.75, 3.05) is 0 Å². The van der Waals surface area contributed by atoms with Gasteiger partial charge in [0.1, 0.15) is 5.58 Å². The van der Waals surface area contributed by atoms with Crippen molar-refractivity contribution in [1.82, 2.24) is 9.97 Å². The zero-order valence-electron chi connectivity index (χ0n) is 27.9. The summed E-state index contributed by atoms with van der Waals surface area (Å²) in [6.07, 6.45) is 8.34. The third kappa shape index (κ3) is 6.12. The molecular weight excluding hydrogens is 777 g/mol. The van der Waals surface area contributed by atoms with Crippen LogP contribution in [0.3, 0.4) is 0 Å². The Kier molecular flexibility index (Phi) is 8.35. The Morgan fingerprint density at radius 1 is 0.592 bits per heavy atom. The number of hydrogen-bond donors (Lipinski definition) is 0. The van der Waals surface area contributed by atoms with Gasteiger partial charge >= 0.3 is 0 Å². The minimum Gasteiger partial charge on any atom is -0.500 e. The Hall–Kier alpha value is -4.89. The van der Waals surface area contributed by atoms with Crippen molar-refractivity contribution in [3.8, 4) is 33.6 Å². The second-order valence-electron chi connectivity index (χ2n) is 13.1. The van der Waals surface area contributed by atoms with E-state index >= 15 is 0 Å². The van der Waals surface area contributed by atoms with E-state index in [0.717, 1.165) is 91.2 Å². The van der Waals surface area contributed by atoms with Crippen LogP contribution in [0.5, 0.6) is 0 Å². The number of benzene rings is 5. The van der Waals surface area contributed by atoms with Gasteiger partial charge in [-0.1, -0.05) is 89.8 Å². The second kappa shape index (κ2) is 13.6. The minimum atomic E-state index is -0.413. The molecule has 4 heteroatoms. The molecule has 0 unspecified atom stereocenters. The average molecular weight is 812 g/mol. The topological polar surface area (TPSA) is 38.9 Å². The molecule has 8 aromatic rings. The van der Waals surface area contributed by atoms with Crippen LogP contribution in [0.2, 0.25) is 0 Å². The first kappa shape index (κ1) is 30.2. The average Bonchev–Trinajstić information content (AvgIpc) is 3.55. The minimum absolute atomic E-state index is 0. The number of pyridine rings is 2. The summed E-state index contributed by atoms with van der Waals surface area (Å²) in [4.78, 5) is 8.93. The van der Waals surface area contributed by atoms with Crippen LogP contribution < -0.4 is 0 Å². The van der Waals surface area contributed by atoms with Gasteiger partial charge < -0.3 is 14.4 Å². The van der Waals surface area contributed by atoms with Crippen LogP contribution in [-0.4, -0.2) is 9.97 Å². The fraction of sp³-hybridized carbons (Fsp3) is 0.156. The van der Waals surface area contributed by atoms with Gasteiger partial charge in [-0.05, 0) is 89.0 Å². The quantitative estimate of drug-likeness (QED) is 0.166. The first-order chi connectivity index (χ1) is 24.1. The molecule has 0 aliphatic heterocycles. The first-order valence-electron chi connectivity index (χ1n) is 17.3. The largest absolute Gasteiger partial charge is 0.500 e. The van der Waals surface area contributed by atoms with Gasteiger partial charge in [0.05, 0.1) is 5.58 Å². The molecule has 49 heavy (non-hydrogen) atoms. The number of fused-ring (bicyclic) bond motifs is 7. The van der Waals surface area contributed by atoms with Crippen molar-refractivity contribution in [3.63, 3.8) is 0 Å². The Morgan fingerprint density at radius 2 is 1.37 bits per heavy atom. The van der Waals surface area contributed by atoms with E-state index in [1.807, 2.05) is 54.7 Å². The summed E-state index contributed by atoms with van der Waals surface area (Å²) in [6, 6.07) is 49.8. The Balaban J connectivity index is 0.000000236. The van der Waals surface area contributed by atoms with Crippen molar-refractivity contribution >= 4 is 32.7 Å². The maximum Gasteiger partial charge on any atom is 0.128 e. The van der Waals surface area contributed by atoms with E-state index in [1.54, 1.807) is 6.20 Å². The molecule has 0 spiro atoms. The molecule has 3 aliphatic rings. The summed E-state index contributed by atoms with van der Waals surface area (Å²) in [6.45, 7) is 0. The predicted molar refractivity (Wildman–Crippen MR) is 195 cm³/mol. The van der Waals surface area contributed by atoms with Crippen LogP contribution in [-0.2, 0) is 20.1 Å². The molecule has 241 valence electrons. The molecule has 2 bridgehead atoms. The third-order valence-electron chi connectivity index (χ3n) is 10.0. The number of rotatable bonds is 4. The SMILES string of the molecule is [2H]C1(c2ccc(-c3ccnc(-c4[c-]ccc5c4oc4c6ccccc6ccc54)c3)cc2)CC2CC(C2)C1.[Ir].[c-]1ccccc1-c1ccccn1. The second-order valence-corrected chi connectivity index (χ2v) is 13.1. The van der Waals surface area contributed by atoms with Crippen molar-refractivity contribution in [2.45, 2.75) is 31.6 Å². The van der Waals surface area contributed by atoms with Gasteiger partial charge in [-0.25, -0.2) is 0 Å².